The molecule has 0 aromatic heterocycles. The van der Waals surface area contributed by atoms with Crippen molar-refractivity contribution in [3.05, 3.63) is 24.0 Å². The van der Waals surface area contributed by atoms with Crippen molar-refractivity contribution < 1.29 is 22.7 Å². The van der Waals surface area contributed by atoms with Gasteiger partial charge >= 0.3 is 6.61 Å². The molecule has 4 nitrogen and oxygen atoms in total. The molecule has 0 heterocycles. The maximum absolute atomic E-state index is 13.5. The second-order valence-corrected chi connectivity index (χ2v) is 5.08. The van der Waals surface area contributed by atoms with Gasteiger partial charge in [-0.25, -0.2) is 4.39 Å². The molecule has 0 aliphatic rings. The molecule has 0 saturated heterocycles. The Labute approximate surface area is 121 Å². The molecule has 0 radical (unpaired) electrons. The SMILES string of the molecule is CC(C)CC(CN)C(=O)Nc1ccc(OC(F)F)c(F)c1. The number of rotatable bonds is 7. The summed E-state index contributed by atoms with van der Waals surface area (Å²) in [5.74, 6) is -1.96. The van der Waals surface area contributed by atoms with Crippen LogP contribution in [0.4, 0.5) is 18.9 Å². The first-order valence-corrected chi connectivity index (χ1v) is 6.58. The lowest BCUT2D eigenvalue weighted by Crippen LogP contribution is -2.30. The van der Waals surface area contributed by atoms with Crippen LogP contribution in [0, 0.1) is 17.7 Å². The largest absolute Gasteiger partial charge is 0.432 e. The standard InChI is InChI=1S/C14H19F3N2O2/c1-8(2)5-9(7-18)13(20)19-10-3-4-12(11(15)6-10)21-14(16)17/h3-4,6,8-9,14H,5,7,18H2,1-2H3,(H,19,20). The van der Waals surface area contributed by atoms with Crippen molar-refractivity contribution in [3.63, 3.8) is 0 Å². The first-order chi connectivity index (χ1) is 9.83. The molecule has 7 heteroatoms. The van der Waals surface area contributed by atoms with Gasteiger partial charge in [0.1, 0.15) is 0 Å². The van der Waals surface area contributed by atoms with E-state index in [2.05, 4.69) is 10.1 Å². The molecule has 1 unspecified atom stereocenters. The smallest absolute Gasteiger partial charge is 0.387 e. The number of ether oxygens (including phenoxy) is 1. The number of anilines is 1. The summed E-state index contributed by atoms with van der Waals surface area (Å²) in [4.78, 5) is 12.0. The molecule has 3 N–H and O–H groups in total. The van der Waals surface area contributed by atoms with Crippen molar-refractivity contribution in [3.8, 4) is 5.75 Å². The van der Waals surface area contributed by atoms with Gasteiger partial charge in [-0.05, 0) is 24.5 Å². The highest BCUT2D eigenvalue weighted by Gasteiger charge is 2.19. The summed E-state index contributed by atoms with van der Waals surface area (Å²) in [6.07, 6.45) is 0.609. The average molecular weight is 304 g/mol. The van der Waals surface area contributed by atoms with Crippen LogP contribution in [-0.4, -0.2) is 19.1 Å². The fourth-order valence-electron chi connectivity index (χ4n) is 1.89. The van der Waals surface area contributed by atoms with E-state index in [9.17, 15) is 18.0 Å². The second kappa shape index (κ2) is 7.87. The molecule has 1 aromatic carbocycles. The van der Waals surface area contributed by atoms with E-state index >= 15 is 0 Å². The van der Waals surface area contributed by atoms with Crippen LogP contribution in [0.3, 0.4) is 0 Å². The summed E-state index contributed by atoms with van der Waals surface area (Å²) in [5, 5.41) is 2.52. The van der Waals surface area contributed by atoms with Crippen LogP contribution in [0.5, 0.6) is 5.75 Å². The maximum atomic E-state index is 13.5. The highest BCUT2D eigenvalue weighted by atomic mass is 19.3. The van der Waals surface area contributed by atoms with Gasteiger partial charge in [0.25, 0.3) is 0 Å². The Morgan fingerprint density at radius 3 is 2.52 bits per heavy atom. The molecule has 0 aliphatic carbocycles. The number of alkyl halides is 2. The predicted molar refractivity (Wildman–Crippen MR) is 73.7 cm³/mol. The van der Waals surface area contributed by atoms with Crippen LogP contribution in [0.25, 0.3) is 0 Å². The highest BCUT2D eigenvalue weighted by Crippen LogP contribution is 2.23. The molecule has 0 fully saturated rings. The minimum Gasteiger partial charge on any atom is -0.432 e. The molecule has 1 rings (SSSR count). The number of hydrogen-bond donors (Lipinski definition) is 2. The summed E-state index contributed by atoms with van der Waals surface area (Å²) < 4.78 is 41.5. The summed E-state index contributed by atoms with van der Waals surface area (Å²) in [5.41, 5.74) is 5.71. The molecular formula is C14H19F3N2O2. The number of amides is 1. The number of halogens is 3. The van der Waals surface area contributed by atoms with Gasteiger partial charge in [0, 0.05) is 18.3 Å². The van der Waals surface area contributed by atoms with Crippen molar-refractivity contribution in [1.29, 1.82) is 0 Å². The van der Waals surface area contributed by atoms with Crippen molar-refractivity contribution in [2.75, 3.05) is 11.9 Å². The number of nitrogens with two attached hydrogens (primary N) is 1. The van der Waals surface area contributed by atoms with Crippen LogP contribution in [0.15, 0.2) is 18.2 Å². The number of benzene rings is 1. The molecule has 118 valence electrons. The number of hydrogen-bond acceptors (Lipinski definition) is 3. The minimum absolute atomic E-state index is 0.168. The molecule has 0 aliphatic heterocycles. The Hall–Kier alpha value is -1.76. The minimum atomic E-state index is -3.10. The van der Waals surface area contributed by atoms with Gasteiger partial charge in [0.05, 0.1) is 5.92 Å². The topological polar surface area (TPSA) is 64.4 Å². The Morgan fingerprint density at radius 2 is 2.05 bits per heavy atom. The zero-order valence-electron chi connectivity index (χ0n) is 11.9. The van der Waals surface area contributed by atoms with Gasteiger partial charge in [-0.3, -0.25) is 4.79 Å². The summed E-state index contributed by atoms with van der Waals surface area (Å²) in [7, 11) is 0. The van der Waals surface area contributed by atoms with Crippen molar-refractivity contribution in [2.24, 2.45) is 17.6 Å². The summed E-state index contributed by atoms with van der Waals surface area (Å²) in [6, 6.07) is 3.26. The first-order valence-electron chi connectivity index (χ1n) is 6.58. The van der Waals surface area contributed by atoms with E-state index in [0.29, 0.717) is 12.3 Å². The lowest BCUT2D eigenvalue weighted by Gasteiger charge is -2.17. The zero-order valence-corrected chi connectivity index (χ0v) is 11.9. The van der Waals surface area contributed by atoms with Gasteiger partial charge in [0.2, 0.25) is 5.91 Å². The fourth-order valence-corrected chi connectivity index (χ4v) is 1.89. The quantitative estimate of drug-likeness (QED) is 0.814. The Bertz CT molecular complexity index is 481. The zero-order chi connectivity index (χ0) is 16.0. The van der Waals surface area contributed by atoms with E-state index in [0.717, 1.165) is 12.1 Å². The number of carbonyl (C=O) groups is 1. The van der Waals surface area contributed by atoms with E-state index in [4.69, 9.17) is 5.73 Å². The van der Waals surface area contributed by atoms with Gasteiger partial charge in [-0.2, -0.15) is 8.78 Å². The van der Waals surface area contributed by atoms with E-state index in [1.165, 1.54) is 6.07 Å². The number of nitrogens with one attached hydrogen (secondary N) is 1. The van der Waals surface area contributed by atoms with Crippen molar-refractivity contribution in [1.82, 2.24) is 0 Å². The second-order valence-electron chi connectivity index (χ2n) is 5.08. The van der Waals surface area contributed by atoms with E-state index in [1.807, 2.05) is 13.8 Å². The third-order valence-electron chi connectivity index (χ3n) is 2.83. The molecule has 1 atom stereocenters. The predicted octanol–water partition coefficient (Wildman–Crippen LogP) is 2.99. The molecular weight excluding hydrogens is 285 g/mol. The average Bonchev–Trinajstić information content (AvgIpc) is 2.38. The van der Waals surface area contributed by atoms with Crippen LogP contribution >= 0.6 is 0 Å². The molecule has 0 spiro atoms. The van der Waals surface area contributed by atoms with Crippen molar-refractivity contribution in [2.45, 2.75) is 26.9 Å². The molecule has 1 amide bonds. The van der Waals surface area contributed by atoms with Gasteiger partial charge < -0.3 is 15.8 Å². The van der Waals surface area contributed by atoms with E-state index in [-0.39, 0.29) is 24.1 Å². The lowest BCUT2D eigenvalue weighted by molar-refractivity contribution is -0.120. The van der Waals surface area contributed by atoms with Crippen LogP contribution < -0.4 is 15.8 Å². The van der Waals surface area contributed by atoms with Crippen molar-refractivity contribution >= 4 is 11.6 Å². The Kier molecular flexibility index (Phi) is 6.48. The Morgan fingerprint density at radius 1 is 1.38 bits per heavy atom. The summed E-state index contributed by atoms with van der Waals surface area (Å²) >= 11 is 0. The fraction of sp³-hybridized carbons (Fsp3) is 0.500. The van der Waals surface area contributed by atoms with Crippen LogP contribution in [0.1, 0.15) is 20.3 Å². The molecule has 21 heavy (non-hydrogen) atoms. The lowest BCUT2D eigenvalue weighted by atomic mass is 9.96. The first kappa shape index (κ1) is 17.3. The highest BCUT2D eigenvalue weighted by molar-refractivity contribution is 5.92. The van der Waals surface area contributed by atoms with Gasteiger partial charge in [0.15, 0.2) is 11.6 Å². The number of carbonyl (C=O) groups excluding carboxylic acids is 1. The van der Waals surface area contributed by atoms with Gasteiger partial charge in [-0.15, -0.1) is 0 Å². The molecule has 0 bridgehead atoms. The monoisotopic (exact) mass is 304 g/mol. The third-order valence-corrected chi connectivity index (χ3v) is 2.83. The summed E-state index contributed by atoms with van der Waals surface area (Å²) in [6.45, 7) is 1.00. The normalized spacial score (nSPS) is 12.6. The van der Waals surface area contributed by atoms with Gasteiger partial charge in [-0.1, -0.05) is 13.8 Å². The van der Waals surface area contributed by atoms with E-state index < -0.39 is 18.2 Å². The Balaban J connectivity index is 2.74. The van der Waals surface area contributed by atoms with Crippen LogP contribution in [0.2, 0.25) is 0 Å². The third kappa shape index (κ3) is 5.63. The maximum Gasteiger partial charge on any atom is 0.387 e. The molecule has 1 aromatic rings. The van der Waals surface area contributed by atoms with Crippen LogP contribution in [-0.2, 0) is 4.79 Å². The molecule has 0 saturated carbocycles. The van der Waals surface area contributed by atoms with E-state index in [1.54, 1.807) is 0 Å².